The predicted molar refractivity (Wildman–Crippen MR) is 67.3 cm³/mol. The average Bonchev–Trinajstić information content (AvgIpc) is 2.38. The minimum absolute atomic E-state index is 0.563. The molecule has 0 spiro atoms. The van der Waals surface area contributed by atoms with Crippen LogP contribution in [0.5, 0.6) is 0 Å². The second-order valence-corrected chi connectivity index (χ2v) is 5.15. The number of nitrogens with zero attached hydrogens (tertiary/aromatic N) is 1. The summed E-state index contributed by atoms with van der Waals surface area (Å²) in [5.74, 6) is 0. The molecule has 2 rings (SSSR count). The zero-order chi connectivity index (χ0) is 12.3. The molecule has 1 saturated carbocycles. The molecule has 2 nitrogen and oxygen atoms in total. The Morgan fingerprint density at radius 1 is 1.29 bits per heavy atom. The number of nitriles is 1. The monoisotopic (exact) mass is 229 g/mol. The largest absolute Gasteiger partial charge is 0.387 e. The molecular weight excluding hydrogens is 210 g/mol. The summed E-state index contributed by atoms with van der Waals surface area (Å²) in [5, 5.41) is 19.9. The van der Waals surface area contributed by atoms with E-state index in [0.717, 1.165) is 36.8 Å². The molecule has 0 amide bonds. The van der Waals surface area contributed by atoms with E-state index < -0.39 is 11.5 Å². The lowest BCUT2D eigenvalue weighted by atomic mass is 9.69. The Kier molecular flexibility index (Phi) is 3.49. The minimum Gasteiger partial charge on any atom is -0.387 e. The van der Waals surface area contributed by atoms with Crippen molar-refractivity contribution >= 4 is 0 Å². The highest BCUT2D eigenvalue weighted by Gasteiger charge is 2.40. The first-order chi connectivity index (χ1) is 8.18. The molecule has 1 aromatic carbocycles. The first-order valence-corrected chi connectivity index (χ1v) is 6.34. The van der Waals surface area contributed by atoms with Gasteiger partial charge in [0.1, 0.15) is 0 Å². The maximum Gasteiger partial charge on any atom is 0.0976 e. The fourth-order valence-corrected chi connectivity index (χ4v) is 2.79. The summed E-state index contributed by atoms with van der Waals surface area (Å²) in [6, 6.07) is 10.2. The summed E-state index contributed by atoms with van der Waals surface area (Å²) in [7, 11) is 0. The molecule has 90 valence electrons. The third kappa shape index (κ3) is 2.35. The van der Waals surface area contributed by atoms with Gasteiger partial charge in [-0.05, 0) is 25.3 Å². The molecule has 1 aliphatic carbocycles. The zero-order valence-corrected chi connectivity index (χ0v) is 10.3. The van der Waals surface area contributed by atoms with E-state index >= 15 is 0 Å². The van der Waals surface area contributed by atoms with Gasteiger partial charge in [-0.15, -0.1) is 0 Å². The highest BCUT2D eigenvalue weighted by Crippen LogP contribution is 2.45. The van der Waals surface area contributed by atoms with Crippen molar-refractivity contribution in [1.82, 2.24) is 0 Å². The van der Waals surface area contributed by atoms with E-state index in [1.54, 1.807) is 0 Å². The smallest absolute Gasteiger partial charge is 0.0976 e. The summed E-state index contributed by atoms with van der Waals surface area (Å²) in [6.45, 7) is 2.01. The van der Waals surface area contributed by atoms with Crippen LogP contribution in [0.3, 0.4) is 0 Å². The van der Waals surface area contributed by atoms with Crippen LogP contribution in [-0.2, 0) is 0 Å². The number of benzene rings is 1. The molecule has 0 radical (unpaired) electrons. The molecule has 1 unspecified atom stereocenters. The zero-order valence-electron chi connectivity index (χ0n) is 10.3. The van der Waals surface area contributed by atoms with Crippen molar-refractivity contribution in [3.8, 4) is 6.07 Å². The van der Waals surface area contributed by atoms with E-state index in [1.807, 2.05) is 31.2 Å². The van der Waals surface area contributed by atoms with Gasteiger partial charge in [-0.1, -0.05) is 49.1 Å². The number of aryl methyl sites for hydroxylation is 1. The highest BCUT2D eigenvalue weighted by atomic mass is 16.3. The summed E-state index contributed by atoms with van der Waals surface area (Å²) >= 11 is 0. The summed E-state index contributed by atoms with van der Waals surface area (Å²) in [5.41, 5.74) is 1.45. The average molecular weight is 229 g/mol. The maximum absolute atomic E-state index is 10.5. The lowest BCUT2D eigenvalue weighted by Gasteiger charge is -2.35. The summed E-state index contributed by atoms with van der Waals surface area (Å²) in [4.78, 5) is 0. The van der Waals surface area contributed by atoms with Gasteiger partial charge >= 0.3 is 0 Å². The quantitative estimate of drug-likeness (QED) is 0.843. The van der Waals surface area contributed by atoms with Crippen molar-refractivity contribution in [2.24, 2.45) is 5.41 Å². The Balaban J connectivity index is 2.29. The van der Waals surface area contributed by atoms with E-state index in [9.17, 15) is 10.4 Å². The number of aliphatic hydroxyl groups is 1. The molecule has 1 N–H and O–H groups in total. The highest BCUT2D eigenvalue weighted by molar-refractivity contribution is 5.27. The molecule has 0 heterocycles. The van der Waals surface area contributed by atoms with Gasteiger partial charge in [-0.25, -0.2) is 0 Å². The molecule has 0 bridgehead atoms. The van der Waals surface area contributed by atoms with Crippen LogP contribution in [0.15, 0.2) is 24.3 Å². The van der Waals surface area contributed by atoms with E-state index in [4.69, 9.17) is 0 Å². The van der Waals surface area contributed by atoms with E-state index in [1.165, 1.54) is 6.42 Å². The molecule has 1 atom stereocenters. The van der Waals surface area contributed by atoms with Crippen LogP contribution in [-0.4, -0.2) is 5.11 Å². The third-order valence-electron chi connectivity index (χ3n) is 3.85. The Morgan fingerprint density at radius 2 is 2.00 bits per heavy atom. The first kappa shape index (κ1) is 12.1. The van der Waals surface area contributed by atoms with Crippen molar-refractivity contribution in [3.63, 3.8) is 0 Å². The lowest BCUT2D eigenvalue weighted by Crippen LogP contribution is -2.30. The first-order valence-electron chi connectivity index (χ1n) is 6.34. The number of hydrogen-bond acceptors (Lipinski definition) is 2. The molecule has 17 heavy (non-hydrogen) atoms. The molecule has 1 fully saturated rings. The molecule has 1 aliphatic rings. The van der Waals surface area contributed by atoms with Crippen LogP contribution in [0.25, 0.3) is 0 Å². The molecule has 0 aromatic heterocycles. The SMILES string of the molecule is Cc1cccc(C(O)C2(C#N)CCCCC2)c1. The molecule has 0 aliphatic heterocycles. The molecule has 0 saturated heterocycles. The van der Waals surface area contributed by atoms with Crippen molar-refractivity contribution in [3.05, 3.63) is 35.4 Å². The predicted octanol–water partition coefficient (Wildman–Crippen LogP) is 3.50. The van der Waals surface area contributed by atoms with Gasteiger partial charge in [-0.2, -0.15) is 5.26 Å². The van der Waals surface area contributed by atoms with Gasteiger partial charge in [0, 0.05) is 0 Å². The molecule has 1 aromatic rings. The summed E-state index contributed by atoms with van der Waals surface area (Å²) in [6.07, 6.45) is 4.28. The van der Waals surface area contributed by atoms with Gasteiger partial charge in [-0.3, -0.25) is 0 Å². The Morgan fingerprint density at radius 3 is 2.59 bits per heavy atom. The normalized spacial score (nSPS) is 20.5. The van der Waals surface area contributed by atoms with Gasteiger partial charge in [0.05, 0.1) is 17.6 Å². The maximum atomic E-state index is 10.5. The van der Waals surface area contributed by atoms with Crippen LogP contribution in [0.2, 0.25) is 0 Å². The fraction of sp³-hybridized carbons (Fsp3) is 0.533. The van der Waals surface area contributed by atoms with Gasteiger partial charge in [0.2, 0.25) is 0 Å². The standard InChI is InChI=1S/C15H19NO/c1-12-6-5-7-13(10-12)14(17)15(11-16)8-3-2-4-9-15/h5-7,10,14,17H,2-4,8-9H2,1H3. The van der Waals surface area contributed by atoms with E-state index in [2.05, 4.69) is 6.07 Å². The van der Waals surface area contributed by atoms with Gasteiger partial charge in [0.15, 0.2) is 0 Å². The van der Waals surface area contributed by atoms with Crippen molar-refractivity contribution in [2.75, 3.05) is 0 Å². The molecular formula is C15H19NO. The second-order valence-electron chi connectivity index (χ2n) is 5.15. The van der Waals surface area contributed by atoms with Crippen LogP contribution in [0.4, 0.5) is 0 Å². The van der Waals surface area contributed by atoms with Crippen LogP contribution < -0.4 is 0 Å². The fourth-order valence-electron chi connectivity index (χ4n) is 2.79. The Hall–Kier alpha value is -1.33. The van der Waals surface area contributed by atoms with Crippen molar-refractivity contribution in [1.29, 1.82) is 5.26 Å². The van der Waals surface area contributed by atoms with E-state index in [-0.39, 0.29) is 0 Å². The van der Waals surface area contributed by atoms with Crippen LogP contribution in [0.1, 0.15) is 49.3 Å². The van der Waals surface area contributed by atoms with Crippen molar-refractivity contribution in [2.45, 2.75) is 45.1 Å². The minimum atomic E-state index is -0.646. The lowest BCUT2D eigenvalue weighted by molar-refractivity contribution is 0.0359. The Bertz CT molecular complexity index is 427. The van der Waals surface area contributed by atoms with Crippen molar-refractivity contribution < 1.29 is 5.11 Å². The topological polar surface area (TPSA) is 44.0 Å². The van der Waals surface area contributed by atoms with Gasteiger partial charge < -0.3 is 5.11 Å². The number of aliphatic hydroxyl groups excluding tert-OH is 1. The number of rotatable bonds is 2. The van der Waals surface area contributed by atoms with E-state index in [0.29, 0.717) is 0 Å². The van der Waals surface area contributed by atoms with Gasteiger partial charge in [0.25, 0.3) is 0 Å². The number of hydrogen-bond donors (Lipinski definition) is 1. The van der Waals surface area contributed by atoms with Crippen LogP contribution in [0, 0.1) is 23.7 Å². The second kappa shape index (κ2) is 4.89. The van der Waals surface area contributed by atoms with Crippen LogP contribution >= 0.6 is 0 Å². The molecule has 2 heteroatoms. The third-order valence-corrected chi connectivity index (χ3v) is 3.85. The summed E-state index contributed by atoms with van der Waals surface area (Å²) < 4.78 is 0. The Labute approximate surface area is 103 Å².